The number of benzene rings is 3. The van der Waals surface area contributed by atoms with E-state index in [4.69, 9.17) is 4.74 Å². The van der Waals surface area contributed by atoms with Gasteiger partial charge in [-0.3, -0.25) is 19.5 Å². The third-order valence-corrected chi connectivity index (χ3v) is 7.25. The number of nitrogens with one attached hydrogen (secondary N) is 1. The van der Waals surface area contributed by atoms with Crippen LogP contribution in [0.3, 0.4) is 0 Å². The van der Waals surface area contributed by atoms with E-state index in [-0.39, 0.29) is 49.8 Å². The molecule has 1 atom stereocenters. The molecule has 5 rings (SSSR count). The van der Waals surface area contributed by atoms with E-state index >= 15 is 0 Å². The van der Waals surface area contributed by atoms with E-state index in [2.05, 4.69) is 10.2 Å². The minimum Gasteiger partial charge on any atom is -0.497 e. The first-order valence-corrected chi connectivity index (χ1v) is 13.4. The first-order valence-electron chi connectivity index (χ1n) is 13.4. The Balaban J connectivity index is 1.45. The highest BCUT2D eigenvalue weighted by Gasteiger charge is 2.39. The van der Waals surface area contributed by atoms with E-state index in [1.165, 1.54) is 4.90 Å². The van der Waals surface area contributed by atoms with Gasteiger partial charge in [-0.15, -0.1) is 0 Å². The second-order valence-corrected chi connectivity index (χ2v) is 10.1. The van der Waals surface area contributed by atoms with E-state index in [9.17, 15) is 14.4 Å². The van der Waals surface area contributed by atoms with Crippen LogP contribution in [0.5, 0.6) is 5.75 Å². The molecule has 1 aliphatic heterocycles. The Morgan fingerprint density at radius 3 is 2.38 bits per heavy atom. The molecule has 206 valence electrons. The number of anilines is 2. The summed E-state index contributed by atoms with van der Waals surface area (Å²) in [5.41, 5.74) is 2.91. The lowest BCUT2D eigenvalue weighted by Gasteiger charge is -2.30. The largest absolute Gasteiger partial charge is 0.497 e. The molecule has 0 spiro atoms. The zero-order valence-electron chi connectivity index (χ0n) is 22.9. The van der Waals surface area contributed by atoms with Gasteiger partial charge in [0.05, 0.1) is 12.6 Å². The fourth-order valence-electron chi connectivity index (χ4n) is 5.24. The minimum absolute atomic E-state index is 0.140. The number of aromatic amines is 1. The number of nitrogens with zero attached hydrogens (tertiary/aromatic N) is 4. The van der Waals surface area contributed by atoms with Crippen molar-refractivity contribution in [2.24, 2.45) is 5.92 Å². The molecule has 40 heavy (non-hydrogen) atoms. The van der Waals surface area contributed by atoms with Crippen LogP contribution in [-0.4, -0.2) is 65.6 Å². The second-order valence-electron chi connectivity index (χ2n) is 10.1. The van der Waals surface area contributed by atoms with E-state index in [0.717, 1.165) is 16.6 Å². The molecule has 4 aromatic rings. The van der Waals surface area contributed by atoms with Gasteiger partial charge in [0, 0.05) is 48.0 Å². The van der Waals surface area contributed by atoms with Crippen molar-refractivity contribution in [3.05, 3.63) is 84.6 Å². The Bertz CT molecular complexity index is 1500. The smallest absolute Gasteiger partial charge is 0.246 e. The molecule has 0 saturated carbocycles. The summed E-state index contributed by atoms with van der Waals surface area (Å²) in [5, 5.41) is 8.23. The van der Waals surface area contributed by atoms with Crippen molar-refractivity contribution < 1.29 is 19.1 Å². The number of hydrogen-bond donors (Lipinski definition) is 1. The fourth-order valence-corrected chi connectivity index (χ4v) is 5.24. The molecule has 1 aromatic heterocycles. The first-order chi connectivity index (χ1) is 19.4. The fraction of sp³-hybridized carbons (Fsp3) is 0.290. The van der Waals surface area contributed by atoms with E-state index in [1.54, 1.807) is 29.0 Å². The number of hydrogen-bond acceptors (Lipinski definition) is 5. The molecule has 0 radical (unpaired) electrons. The van der Waals surface area contributed by atoms with Crippen LogP contribution in [0.15, 0.2) is 78.9 Å². The average molecular weight is 540 g/mol. The summed E-state index contributed by atoms with van der Waals surface area (Å²) in [5.74, 6) is -1.20. The van der Waals surface area contributed by atoms with Crippen molar-refractivity contribution in [1.82, 2.24) is 15.1 Å². The van der Waals surface area contributed by atoms with Gasteiger partial charge >= 0.3 is 0 Å². The number of H-pyrrole nitrogens is 1. The maximum Gasteiger partial charge on any atom is 0.246 e. The molecular weight excluding hydrogens is 506 g/mol. The van der Waals surface area contributed by atoms with Crippen LogP contribution >= 0.6 is 0 Å². The number of para-hydroxylation sites is 2. The number of aromatic nitrogens is 2. The zero-order valence-corrected chi connectivity index (χ0v) is 22.9. The Labute approximate surface area is 233 Å². The van der Waals surface area contributed by atoms with Crippen LogP contribution in [0, 0.1) is 5.92 Å². The van der Waals surface area contributed by atoms with E-state index in [1.807, 2.05) is 80.6 Å². The summed E-state index contributed by atoms with van der Waals surface area (Å²) in [6, 6.07) is 24.0. The van der Waals surface area contributed by atoms with Gasteiger partial charge in [0.2, 0.25) is 17.7 Å². The maximum atomic E-state index is 14.0. The summed E-state index contributed by atoms with van der Waals surface area (Å²) < 4.78 is 5.26. The first kappa shape index (κ1) is 26.9. The normalized spacial score (nSPS) is 15.9. The van der Waals surface area contributed by atoms with Gasteiger partial charge in [-0.1, -0.05) is 36.4 Å². The molecule has 1 aliphatic rings. The van der Waals surface area contributed by atoms with Gasteiger partial charge in [0.15, 0.2) is 0 Å². The van der Waals surface area contributed by atoms with Crippen molar-refractivity contribution in [1.29, 1.82) is 0 Å². The Kier molecular flexibility index (Phi) is 7.82. The highest BCUT2D eigenvalue weighted by Crippen LogP contribution is 2.27. The predicted molar refractivity (Wildman–Crippen MR) is 154 cm³/mol. The van der Waals surface area contributed by atoms with Crippen LogP contribution in [0.1, 0.15) is 19.5 Å². The summed E-state index contributed by atoms with van der Waals surface area (Å²) in [6.07, 6.45) is 0.151. The third kappa shape index (κ3) is 5.40. The number of amides is 3. The van der Waals surface area contributed by atoms with Crippen molar-refractivity contribution >= 4 is 40.0 Å². The highest BCUT2D eigenvalue weighted by atomic mass is 16.5. The van der Waals surface area contributed by atoms with Crippen molar-refractivity contribution in [3.63, 3.8) is 0 Å². The summed E-state index contributed by atoms with van der Waals surface area (Å²) in [6.45, 7) is 4.24. The molecule has 0 aliphatic carbocycles. The maximum absolute atomic E-state index is 14.0. The van der Waals surface area contributed by atoms with Gasteiger partial charge in [-0.25, -0.2) is 0 Å². The molecule has 1 fully saturated rings. The van der Waals surface area contributed by atoms with Crippen LogP contribution in [0.2, 0.25) is 0 Å². The number of methoxy groups -OCH3 is 1. The molecule has 1 N–H and O–H groups in total. The van der Waals surface area contributed by atoms with E-state index < -0.39 is 5.92 Å². The van der Waals surface area contributed by atoms with Crippen LogP contribution in [0.4, 0.5) is 11.4 Å². The lowest BCUT2D eigenvalue weighted by atomic mass is 9.98. The Hall–Kier alpha value is -4.66. The van der Waals surface area contributed by atoms with Crippen molar-refractivity contribution in [2.45, 2.75) is 26.3 Å². The molecule has 3 aromatic carbocycles. The Morgan fingerprint density at radius 2 is 1.68 bits per heavy atom. The molecule has 3 amide bonds. The average Bonchev–Trinajstić information content (AvgIpc) is 3.34. The van der Waals surface area contributed by atoms with Crippen molar-refractivity contribution in [2.75, 3.05) is 36.5 Å². The molecular formula is C31H33N5O4. The van der Waals surface area contributed by atoms with Gasteiger partial charge < -0.3 is 19.4 Å². The zero-order chi connectivity index (χ0) is 28.2. The summed E-state index contributed by atoms with van der Waals surface area (Å²) >= 11 is 0. The van der Waals surface area contributed by atoms with Gasteiger partial charge in [-0.05, 0) is 56.3 Å². The van der Waals surface area contributed by atoms with E-state index in [0.29, 0.717) is 17.1 Å². The van der Waals surface area contributed by atoms with Gasteiger partial charge in [0.25, 0.3) is 0 Å². The monoisotopic (exact) mass is 539 g/mol. The standard InChI is InChI=1S/C31H33N5O4/c1-21(2)36(23-13-15-24(40-3)16-14-23)29(37)20-34-17-18-35(22-9-5-4-6-10-22)31(39)26(30(34)38)19-28-25-11-7-8-12-27(25)32-33-28/h4-16,21,26H,17-20H2,1-3H3,(H,32,33). The quantitative estimate of drug-likeness (QED) is 0.341. The highest BCUT2D eigenvalue weighted by molar-refractivity contribution is 6.10. The molecule has 1 unspecified atom stereocenters. The SMILES string of the molecule is COc1ccc(N(C(=O)CN2CCN(c3ccccc3)C(=O)C(Cc3[nH]nc4ccccc34)C2=O)C(C)C)cc1. The topological polar surface area (TPSA) is 98.8 Å². The molecule has 0 bridgehead atoms. The predicted octanol–water partition coefficient (Wildman–Crippen LogP) is 4.05. The molecule has 1 saturated heterocycles. The summed E-state index contributed by atoms with van der Waals surface area (Å²) in [7, 11) is 1.59. The van der Waals surface area contributed by atoms with Crippen LogP contribution < -0.4 is 14.5 Å². The van der Waals surface area contributed by atoms with Crippen molar-refractivity contribution in [3.8, 4) is 5.75 Å². The molecule has 9 heteroatoms. The number of carbonyl (C=O) groups excluding carboxylic acids is 3. The number of carbonyl (C=O) groups is 3. The van der Waals surface area contributed by atoms with Gasteiger partial charge in [0.1, 0.15) is 18.2 Å². The lowest BCUT2D eigenvalue weighted by molar-refractivity contribution is -0.141. The lowest BCUT2D eigenvalue weighted by Crippen LogP contribution is -2.48. The van der Waals surface area contributed by atoms with Crippen LogP contribution in [-0.2, 0) is 20.8 Å². The Morgan fingerprint density at radius 1 is 0.975 bits per heavy atom. The number of fused-ring (bicyclic) bond motifs is 1. The minimum atomic E-state index is -1.01. The molecule has 9 nitrogen and oxygen atoms in total. The number of ether oxygens (including phenoxy) is 1. The summed E-state index contributed by atoms with van der Waals surface area (Å²) in [4.78, 5) is 46.4. The third-order valence-electron chi connectivity index (χ3n) is 7.25. The van der Waals surface area contributed by atoms with Crippen LogP contribution in [0.25, 0.3) is 10.9 Å². The second kappa shape index (κ2) is 11.6. The molecule has 2 heterocycles. The van der Waals surface area contributed by atoms with Gasteiger partial charge in [-0.2, -0.15) is 5.10 Å². The number of rotatable bonds is 8.